The first-order chi connectivity index (χ1) is 6.49. The van der Waals surface area contributed by atoms with Gasteiger partial charge in [-0.1, -0.05) is 0 Å². The van der Waals surface area contributed by atoms with Crippen LogP contribution in [0.25, 0.3) is 0 Å². The first kappa shape index (κ1) is 10.3. The van der Waals surface area contributed by atoms with Gasteiger partial charge in [0, 0.05) is 25.9 Å². The molecule has 0 spiro atoms. The Kier molecular flexibility index (Phi) is 2.52. The van der Waals surface area contributed by atoms with E-state index < -0.39 is 11.5 Å². The third kappa shape index (κ3) is 2.23. The second-order valence-electron chi connectivity index (χ2n) is 4.83. The highest BCUT2D eigenvalue weighted by molar-refractivity contribution is 4.95. The number of nitrogens with one attached hydrogen (secondary N) is 1. The molecule has 2 N–H and O–H groups in total. The summed E-state index contributed by atoms with van der Waals surface area (Å²) in [6, 6.07) is 0. The Labute approximate surface area is 82.7 Å². The summed E-state index contributed by atoms with van der Waals surface area (Å²) in [6.07, 6.45) is 1.82. The van der Waals surface area contributed by atoms with E-state index >= 15 is 0 Å². The first-order valence-electron chi connectivity index (χ1n) is 5.30. The van der Waals surface area contributed by atoms with E-state index in [4.69, 9.17) is 0 Å². The Bertz CT molecular complexity index is 206. The van der Waals surface area contributed by atoms with Gasteiger partial charge in [-0.3, -0.25) is 0 Å². The molecule has 0 aromatic rings. The van der Waals surface area contributed by atoms with E-state index in [2.05, 4.69) is 5.32 Å². The monoisotopic (exact) mass is 205 g/mol. The van der Waals surface area contributed by atoms with Gasteiger partial charge in [-0.25, -0.2) is 8.78 Å². The molecule has 82 valence electrons. The van der Waals surface area contributed by atoms with Crippen molar-refractivity contribution in [1.82, 2.24) is 5.32 Å². The molecule has 0 bridgehead atoms. The molecule has 2 fully saturated rings. The summed E-state index contributed by atoms with van der Waals surface area (Å²) in [5.74, 6) is -2.15. The zero-order valence-electron chi connectivity index (χ0n) is 8.23. The van der Waals surface area contributed by atoms with E-state index in [1.807, 2.05) is 0 Å². The Morgan fingerprint density at radius 1 is 1.21 bits per heavy atom. The minimum Gasteiger partial charge on any atom is -0.387 e. The van der Waals surface area contributed by atoms with Crippen LogP contribution in [0.3, 0.4) is 0 Å². The van der Waals surface area contributed by atoms with E-state index in [0.717, 1.165) is 0 Å². The number of hydrogen-bond acceptors (Lipinski definition) is 2. The van der Waals surface area contributed by atoms with Gasteiger partial charge in [-0.15, -0.1) is 0 Å². The van der Waals surface area contributed by atoms with Crippen molar-refractivity contribution < 1.29 is 13.9 Å². The molecule has 2 nitrogen and oxygen atoms in total. The summed E-state index contributed by atoms with van der Waals surface area (Å²) in [6.45, 7) is 1.25. The van der Waals surface area contributed by atoms with E-state index in [1.54, 1.807) is 0 Å². The smallest absolute Gasteiger partial charge is 0.248 e. The van der Waals surface area contributed by atoms with Crippen molar-refractivity contribution in [3.05, 3.63) is 0 Å². The standard InChI is InChI=1S/C10H17F2NO/c11-10(12)3-1-8(2-4-10)5-9(14)6-13-7-9/h8,13-14H,1-7H2. The van der Waals surface area contributed by atoms with Crippen LogP contribution in [0.2, 0.25) is 0 Å². The van der Waals surface area contributed by atoms with Crippen molar-refractivity contribution in [2.75, 3.05) is 13.1 Å². The van der Waals surface area contributed by atoms with Gasteiger partial charge < -0.3 is 10.4 Å². The first-order valence-corrected chi connectivity index (χ1v) is 5.30. The average Bonchev–Trinajstić information content (AvgIpc) is 2.06. The van der Waals surface area contributed by atoms with Crippen LogP contribution in [0, 0.1) is 5.92 Å². The number of rotatable bonds is 2. The van der Waals surface area contributed by atoms with Crippen molar-refractivity contribution in [2.45, 2.75) is 43.6 Å². The molecule has 0 aromatic carbocycles. The van der Waals surface area contributed by atoms with Crippen LogP contribution in [0.5, 0.6) is 0 Å². The molecular weight excluding hydrogens is 188 g/mol. The third-order valence-electron chi connectivity index (χ3n) is 3.41. The Hall–Kier alpha value is -0.220. The van der Waals surface area contributed by atoms with E-state index in [1.165, 1.54) is 0 Å². The van der Waals surface area contributed by atoms with Gasteiger partial charge in [-0.05, 0) is 25.2 Å². The fourth-order valence-corrected chi connectivity index (χ4v) is 2.40. The summed E-state index contributed by atoms with van der Waals surface area (Å²) in [5.41, 5.74) is -0.600. The lowest BCUT2D eigenvalue weighted by molar-refractivity contribution is -0.0720. The molecule has 1 saturated heterocycles. The van der Waals surface area contributed by atoms with Gasteiger partial charge in [0.2, 0.25) is 5.92 Å². The van der Waals surface area contributed by atoms with Crippen LogP contribution >= 0.6 is 0 Å². The summed E-state index contributed by atoms with van der Waals surface area (Å²) in [4.78, 5) is 0. The predicted octanol–water partition coefficient (Wildman–Crippen LogP) is 1.54. The molecule has 4 heteroatoms. The number of β-amino-alcohol motifs (C(OH)–C–C–N with tert-alkyl or cyclic N) is 1. The summed E-state index contributed by atoms with van der Waals surface area (Å²) < 4.78 is 25.7. The van der Waals surface area contributed by atoms with Gasteiger partial charge in [0.1, 0.15) is 0 Å². The average molecular weight is 205 g/mol. The SMILES string of the molecule is OC1(CC2CCC(F)(F)CC2)CNC1. The Morgan fingerprint density at radius 2 is 1.79 bits per heavy atom. The van der Waals surface area contributed by atoms with E-state index in [9.17, 15) is 13.9 Å². The largest absolute Gasteiger partial charge is 0.387 e. The third-order valence-corrected chi connectivity index (χ3v) is 3.41. The van der Waals surface area contributed by atoms with Crippen molar-refractivity contribution in [1.29, 1.82) is 0 Å². The van der Waals surface area contributed by atoms with Gasteiger partial charge in [0.15, 0.2) is 0 Å². The van der Waals surface area contributed by atoms with Crippen LogP contribution in [0.15, 0.2) is 0 Å². The maximum absolute atomic E-state index is 12.8. The highest BCUT2D eigenvalue weighted by Crippen LogP contribution is 2.39. The van der Waals surface area contributed by atoms with Gasteiger partial charge in [0.05, 0.1) is 5.60 Å². The zero-order chi connectivity index (χ0) is 10.2. The lowest BCUT2D eigenvalue weighted by Crippen LogP contribution is -2.60. The summed E-state index contributed by atoms with van der Waals surface area (Å²) >= 11 is 0. The van der Waals surface area contributed by atoms with Gasteiger partial charge in [0.25, 0.3) is 0 Å². The molecule has 2 rings (SSSR count). The van der Waals surface area contributed by atoms with Crippen molar-refractivity contribution in [2.24, 2.45) is 5.92 Å². The molecular formula is C10H17F2NO. The molecule has 1 heterocycles. The lowest BCUT2D eigenvalue weighted by atomic mass is 9.77. The predicted molar refractivity (Wildman–Crippen MR) is 49.3 cm³/mol. The Morgan fingerprint density at radius 3 is 2.21 bits per heavy atom. The molecule has 0 aromatic heterocycles. The normalized spacial score (nSPS) is 31.1. The highest BCUT2D eigenvalue weighted by atomic mass is 19.3. The molecule has 0 atom stereocenters. The number of aliphatic hydroxyl groups is 1. The number of alkyl halides is 2. The van der Waals surface area contributed by atoms with Gasteiger partial charge >= 0.3 is 0 Å². The summed E-state index contributed by atoms with van der Waals surface area (Å²) in [5, 5.41) is 12.9. The van der Waals surface area contributed by atoms with E-state index in [0.29, 0.717) is 38.3 Å². The minimum atomic E-state index is -2.45. The van der Waals surface area contributed by atoms with Crippen LogP contribution in [-0.2, 0) is 0 Å². The molecule has 1 saturated carbocycles. The molecule has 0 radical (unpaired) electrons. The second kappa shape index (κ2) is 3.42. The fourth-order valence-electron chi connectivity index (χ4n) is 2.40. The maximum Gasteiger partial charge on any atom is 0.248 e. The van der Waals surface area contributed by atoms with Crippen LogP contribution in [0.1, 0.15) is 32.1 Å². The van der Waals surface area contributed by atoms with Gasteiger partial charge in [-0.2, -0.15) is 0 Å². The summed E-state index contributed by atoms with van der Waals surface area (Å²) in [7, 11) is 0. The van der Waals surface area contributed by atoms with Crippen LogP contribution in [-0.4, -0.2) is 29.7 Å². The zero-order valence-corrected chi connectivity index (χ0v) is 8.23. The molecule has 1 aliphatic carbocycles. The molecule has 0 amide bonds. The number of halogens is 2. The molecule has 2 aliphatic rings. The molecule has 14 heavy (non-hydrogen) atoms. The fraction of sp³-hybridized carbons (Fsp3) is 1.00. The minimum absolute atomic E-state index is 0.00117. The second-order valence-corrected chi connectivity index (χ2v) is 4.83. The highest BCUT2D eigenvalue weighted by Gasteiger charge is 2.40. The lowest BCUT2D eigenvalue weighted by Gasteiger charge is -2.41. The van der Waals surface area contributed by atoms with Crippen LogP contribution in [0.4, 0.5) is 8.78 Å². The number of hydrogen-bond donors (Lipinski definition) is 2. The van der Waals surface area contributed by atoms with Crippen LogP contribution < -0.4 is 5.32 Å². The molecule has 0 unspecified atom stereocenters. The Balaban J connectivity index is 1.78. The molecule has 1 aliphatic heterocycles. The van der Waals surface area contributed by atoms with E-state index in [-0.39, 0.29) is 12.8 Å². The van der Waals surface area contributed by atoms with Crippen molar-refractivity contribution in [3.63, 3.8) is 0 Å². The quantitative estimate of drug-likeness (QED) is 0.716. The van der Waals surface area contributed by atoms with Crippen molar-refractivity contribution >= 4 is 0 Å². The maximum atomic E-state index is 12.8. The topological polar surface area (TPSA) is 32.3 Å². The van der Waals surface area contributed by atoms with Crippen molar-refractivity contribution in [3.8, 4) is 0 Å².